The topological polar surface area (TPSA) is 107 Å². The number of rotatable bonds is 4. The Kier molecular flexibility index (Phi) is 5.44. The molecule has 0 aliphatic carbocycles. The summed E-state index contributed by atoms with van der Waals surface area (Å²) in [5, 5.41) is 3.13. The molecule has 2 aliphatic heterocycles. The van der Waals surface area contributed by atoms with Crippen LogP contribution in [0, 0.1) is 5.92 Å². The zero-order valence-corrected chi connectivity index (χ0v) is 16.4. The summed E-state index contributed by atoms with van der Waals surface area (Å²) in [6, 6.07) is 6.74. The number of hydrogen-bond donors (Lipinski definition) is 2. The second-order valence-corrected chi connectivity index (χ2v) is 7.44. The minimum Gasteiger partial charge on any atom is -0.486 e. The van der Waals surface area contributed by atoms with Gasteiger partial charge in [-0.1, -0.05) is 11.6 Å². The summed E-state index contributed by atoms with van der Waals surface area (Å²) in [4.78, 5) is 30.5. The van der Waals surface area contributed by atoms with Crippen LogP contribution in [0.25, 0.3) is 0 Å². The van der Waals surface area contributed by atoms with Crippen LogP contribution in [0.3, 0.4) is 0 Å². The van der Waals surface area contributed by atoms with Crippen LogP contribution in [-0.4, -0.2) is 43.1 Å². The smallest absolute Gasteiger partial charge is 0.255 e. The van der Waals surface area contributed by atoms with Crippen molar-refractivity contribution in [1.82, 2.24) is 4.98 Å². The van der Waals surface area contributed by atoms with Gasteiger partial charge in [0.2, 0.25) is 5.91 Å². The second kappa shape index (κ2) is 8.16. The van der Waals surface area contributed by atoms with Crippen LogP contribution < -0.4 is 25.4 Å². The number of ether oxygens (including phenoxy) is 2. The van der Waals surface area contributed by atoms with Crippen LogP contribution in [0.2, 0.25) is 5.02 Å². The van der Waals surface area contributed by atoms with Crippen LogP contribution in [0.5, 0.6) is 11.5 Å². The first-order chi connectivity index (χ1) is 14.0. The summed E-state index contributed by atoms with van der Waals surface area (Å²) in [6.07, 6.45) is 3.28. The molecule has 2 aromatic rings. The Bertz CT molecular complexity index is 935. The zero-order chi connectivity index (χ0) is 20.4. The van der Waals surface area contributed by atoms with E-state index in [0.29, 0.717) is 47.5 Å². The molecule has 0 bridgehead atoms. The third-order valence-corrected chi connectivity index (χ3v) is 5.29. The number of nitrogens with one attached hydrogen (secondary N) is 1. The Morgan fingerprint density at radius 1 is 1.24 bits per heavy atom. The van der Waals surface area contributed by atoms with E-state index in [9.17, 15) is 9.59 Å². The highest BCUT2D eigenvalue weighted by molar-refractivity contribution is 6.32. The van der Waals surface area contributed by atoms with Crippen molar-refractivity contribution >= 4 is 34.9 Å². The van der Waals surface area contributed by atoms with E-state index in [1.807, 2.05) is 11.0 Å². The number of pyridine rings is 1. The molecule has 1 unspecified atom stereocenters. The van der Waals surface area contributed by atoms with Crippen molar-refractivity contribution in [3.05, 3.63) is 41.0 Å². The minimum absolute atomic E-state index is 0.162. The zero-order valence-electron chi connectivity index (χ0n) is 15.7. The Balaban J connectivity index is 1.44. The van der Waals surface area contributed by atoms with Crippen molar-refractivity contribution in [2.45, 2.75) is 12.8 Å². The number of carbonyl (C=O) groups excluding carboxylic acids is 2. The van der Waals surface area contributed by atoms with E-state index in [1.54, 1.807) is 24.4 Å². The Hall–Kier alpha value is -3.00. The number of aromatic nitrogens is 1. The first-order valence-electron chi connectivity index (χ1n) is 9.42. The molecule has 8 nitrogen and oxygen atoms in total. The average molecular weight is 417 g/mol. The second-order valence-electron chi connectivity index (χ2n) is 7.03. The van der Waals surface area contributed by atoms with Gasteiger partial charge < -0.3 is 25.4 Å². The van der Waals surface area contributed by atoms with E-state index < -0.39 is 0 Å². The Labute approximate surface area is 172 Å². The maximum atomic E-state index is 12.6. The molecule has 2 aliphatic rings. The standard InChI is InChI=1S/C20H21ClN4O4/c21-15-8-13(9-16-18(15)29-7-6-28-16)20(27)24-14-3-4-17(23-10-14)25-5-1-2-12(11-25)19(22)26/h3-4,8-10,12H,1-2,5-7,11H2,(H2,22,26)(H,24,27). The lowest BCUT2D eigenvalue weighted by Crippen LogP contribution is -2.41. The molecule has 2 amide bonds. The van der Waals surface area contributed by atoms with E-state index in [2.05, 4.69) is 10.3 Å². The van der Waals surface area contributed by atoms with Gasteiger partial charge in [-0.15, -0.1) is 0 Å². The van der Waals surface area contributed by atoms with Gasteiger partial charge in [-0.2, -0.15) is 0 Å². The number of benzene rings is 1. The van der Waals surface area contributed by atoms with Crippen LogP contribution in [0.4, 0.5) is 11.5 Å². The lowest BCUT2D eigenvalue weighted by molar-refractivity contribution is -0.122. The van der Waals surface area contributed by atoms with Crippen LogP contribution >= 0.6 is 11.6 Å². The maximum Gasteiger partial charge on any atom is 0.255 e. The molecule has 1 atom stereocenters. The molecule has 3 heterocycles. The quantitative estimate of drug-likeness (QED) is 0.792. The molecule has 29 heavy (non-hydrogen) atoms. The molecule has 1 aromatic heterocycles. The summed E-state index contributed by atoms with van der Waals surface area (Å²) in [5.74, 6) is 0.885. The molecule has 1 saturated heterocycles. The first-order valence-corrected chi connectivity index (χ1v) is 9.80. The van der Waals surface area contributed by atoms with Crippen molar-refractivity contribution in [2.75, 3.05) is 36.5 Å². The predicted molar refractivity (Wildman–Crippen MR) is 109 cm³/mol. The summed E-state index contributed by atoms with van der Waals surface area (Å²) >= 11 is 6.20. The van der Waals surface area contributed by atoms with E-state index in [-0.39, 0.29) is 17.7 Å². The van der Waals surface area contributed by atoms with Gasteiger partial charge in [0, 0.05) is 18.7 Å². The van der Waals surface area contributed by atoms with E-state index in [1.165, 1.54) is 0 Å². The van der Waals surface area contributed by atoms with Gasteiger partial charge in [0.05, 0.1) is 22.8 Å². The van der Waals surface area contributed by atoms with Gasteiger partial charge in [-0.3, -0.25) is 9.59 Å². The SMILES string of the molecule is NC(=O)C1CCCN(c2ccc(NC(=O)c3cc(Cl)c4c(c3)OCCO4)cn2)C1. The third-order valence-electron chi connectivity index (χ3n) is 5.01. The van der Waals surface area contributed by atoms with Crippen LogP contribution in [0.1, 0.15) is 23.2 Å². The molecule has 152 valence electrons. The third kappa shape index (κ3) is 4.22. The maximum absolute atomic E-state index is 12.6. The van der Waals surface area contributed by atoms with Crippen molar-refractivity contribution in [1.29, 1.82) is 0 Å². The number of nitrogens with zero attached hydrogens (tertiary/aromatic N) is 2. The molecular weight excluding hydrogens is 396 g/mol. The number of halogens is 1. The molecule has 9 heteroatoms. The number of amides is 2. The number of anilines is 2. The van der Waals surface area contributed by atoms with Crippen molar-refractivity contribution < 1.29 is 19.1 Å². The Morgan fingerprint density at radius 3 is 2.83 bits per heavy atom. The predicted octanol–water partition coefficient (Wildman–Crippen LogP) is 2.46. The van der Waals surface area contributed by atoms with Crippen molar-refractivity contribution in [2.24, 2.45) is 11.7 Å². The van der Waals surface area contributed by atoms with E-state index in [4.69, 9.17) is 26.8 Å². The molecule has 3 N–H and O–H groups in total. The fourth-order valence-corrected chi connectivity index (χ4v) is 3.77. The summed E-state index contributed by atoms with van der Waals surface area (Å²) in [5.41, 5.74) is 6.35. The molecule has 0 saturated carbocycles. The lowest BCUT2D eigenvalue weighted by atomic mass is 9.97. The number of hydrogen-bond acceptors (Lipinski definition) is 6. The summed E-state index contributed by atoms with van der Waals surface area (Å²) < 4.78 is 11.0. The molecule has 0 spiro atoms. The highest BCUT2D eigenvalue weighted by Crippen LogP contribution is 2.38. The van der Waals surface area contributed by atoms with Gasteiger partial charge in [-0.25, -0.2) is 4.98 Å². The fraction of sp³-hybridized carbons (Fsp3) is 0.350. The first kappa shape index (κ1) is 19.3. The lowest BCUT2D eigenvalue weighted by Gasteiger charge is -2.32. The number of fused-ring (bicyclic) bond motifs is 1. The highest BCUT2D eigenvalue weighted by Gasteiger charge is 2.25. The van der Waals surface area contributed by atoms with Crippen molar-refractivity contribution in [3.63, 3.8) is 0 Å². The molecular formula is C20H21ClN4O4. The Morgan fingerprint density at radius 2 is 2.07 bits per heavy atom. The normalized spacial score (nSPS) is 18.2. The number of primary amides is 1. The molecule has 4 rings (SSSR count). The molecule has 0 radical (unpaired) electrons. The van der Waals surface area contributed by atoms with E-state index in [0.717, 1.165) is 25.2 Å². The van der Waals surface area contributed by atoms with Crippen LogP contribution in [-0.2, 0) is 4.79 Å². The van der Waals surface area contributed by atoms with Gasteiger partial charge in [-0.05, 0) is 37.1 Å². The van der Waals surface area contributed by atoms with E-state index >= 15 is 0 Å². The van der Waals surface area contributed by atoms with Gasteiger partial charge in [0.1, 0.15) is 19.0 Å². The summed E-state index contributed by atoms with van der Waals surface area (Å²) in [6.45, 7) is 2.21. The molecule has 1 aromatic carbocycles. The summed E-state index contributed by atoms with van der Waals surface area (Å²) in [7, 11) is 0. The number of carbonyl (C=O) groups is 2. The van der Waals surface area contributed by atoms with Gasteiger partial charge in [0.25, 0.3) is 5.91 Å². The fourth-order valence-electron chi connectivity index (χ4n) is 3.51. The van der Waals surface area contributed by atoms with Gasteiger partial charge in [0.15, 0.2) is 11.5 Å². The van der Waals surface area contributed by atoms with Crippen LogP contribution in [0.15, 0.2) is 30.5 Å². The largest absolute Gasteiger partial charge is 0.486 e. The number of nitrogens with two attached hydrogens (primary N) is 1. The monoisotopic (exact) mass is 416 g/mol. The van der Waals surface area contributed by atoms with Gasteiger partial charge >= 0.3 is 0 Å². The molecule has 1 fully saturated rings. The highest BCUT2D eigenvalue weighted by atomic mass is 35.5. The van der Waals surface area contributed by atoms with Crippen molar-refractivity contribution in [3.8, 4) is 11.5 Å². The average Bonchev–Trinajstić information content (AvgIpc) is 2.74. The number of piperidine rings is 1. The minimum atomic E-state index is -0.329.